The van der Waals surface area contributed by atoms with Gasteiger partial charge in [0.25, 0.3) is 0 Å². The minimum absolute atomic E-state index is 0.0314. The number of aryl methyl sites for hydroxylation is 2. The van der Waals surface area contributed by atoms with E-state index in [0.717, 1.165) is 32.7 Å². The maximum Gasteiger partial charge on any atom is 0.235 e. The van der Waals surface area contributed by atoms with Crippen molar-refractivity contribution in [3.8, 4) is 0 Å². The van der Waals surface area contributed by atoms with Gasteiger partial charge in [0.2, 0.25) is 5.91 Å². The number of halogens is 1. The first kappa shape index (κ1) is 21.8. The van der Waals surface area contributed by atoms with Crippen LogP contribution in [0.5, 0.6) is 0 Å². The van der Waals surface area contributed by atoms with Crippen LogP contribution in [0, 0.1) is 13.8 Å². The van der Waals surface area contributed by atoms with Gasteiger partial charge in [0.15, 0.2) is 5.16 Å². The van der Waals surface area contributed by atoms with Gasteiger partial charge in [-0.05, 0) is 86.5 Å². The lowest BCUT2D eigenvalue weighted by Crippen LogP contribution is -2.44. The Morgan fingerprint density at radius 1 is 1.03 bits per heavy atom. The first-order valence-corrected chi connectivity index (χ1v) is 11.4. The molecule has 1 aliphatic heterocycles. The molecule has 3 aromatic rings. The van der Waals surface area contributed by atoms with Crippen molar-refractivity contribution in [3.63, 3.8) is 0 Å². The second-order valence-corrected chi connectivity index (χ2v) is 9.20. The zero-order valence-electron chi connectivity index (χ0n) is 17.5. The fraction of sp³-hybridized carbons (Fsp3) is 0.292. The van der Waals surface area contributed by atoms with Crippen molar-refractivity contribution in [1.29, 1.82) is 0 Å². The van der Waals surface area contributed by atoms with Crippen LogP contribution in [0.2, 0.25) is 5.02 Å². The largest absolute Gasteiger partial charge is 0.381 e. The molecule has 1 amide bonds. The second-order valence-electron chi connectivity index (χ2n) is 7.72. The number of aromatic nitrogens is 2. The molecule has 4 rings (SSSR count). The molecule has 2 heterocycles. The monoisotopic (exact) mass is 453 g/mol. The molecule has 1 saturated heterocycles. The van der Waals surface area contributed by atoms with Gasteiger partial charge in [0.05, 0.1) is 5.41 Å². The molecule has 0 bridgehead atoms. The van der Waals surface area contributed by atoms with Crippen molar-refractivity contribution in [2.24, 2.45) is 0 Å². The number of benzene rings is 2. The van der Waals surface area contributed by atoms with Gasteiger partial charge in [0, 0.05) is 40.2 Å². The fourth-order valence-electron chi connectivity index (χ4n) is 3.85. The molecule has 0 spiro atoms. The van der Waals surface area contributed by atoms with E-state index in [1.807, 2.05) is 68.4 Å². The predicted octanol–water partition coefficient (Wildman–Crippen LogP) is 5.58. The van der Waals surface area contributed by atoms with Crippen LogP contribution in [-0.2, 0) is 14.9 Å². The summed E-state index contributed by atoms with van der Waals surface area (Å²) in [6.07, 6.45) is 1.24. The molecule has 31 heavy (non-hydrogen) atoms. The number of carbonyl (C=O) groups excluding carboxylic acids is 1. The molecule has 0 atom stereocenters. The van der Waals surface area contributed by atoms with E-state index < -0.39 is 5.41 Å². The maximum absolute atomic E-state index is 13.4. The Bertz CT molecular complexity index is 1060. The molecule has 1 fully saturated rings. The van der Waals surface area contributed by atoms with Gasteiger partial charge in [-0.2, -0.15) is 0 Å². The first-order valence-electron chi connectivity index (χ1n) is 10.2. The van der Waals surface area contributed by atoms with Crippen molar-refractivity contribution in [1.82, 2.24) is 9.97 Å². The lowest BCUT2D eigenvalue weighted by Gasteiger charge is -2.36. The van der Waals surface area contributed by atoms with E-state index in [1.165, 1.54) is 11.8 Å². The third-order valence-corrected chi connectivity index (χ3v) is 6.55. The number of nitrogens with zero attached hydrogens (tertiary/aromatic N) is 2. The van der Waals surface area contributed by atoms with E-state index in [4.69, 9.17) is 16.3 Å². The Morgan fingerprint density at radius 3 is 2.35 bits per heavy atom. The average Bonchev–Trinajstić information content (AvgIpc) is 2.75. The Kier molecular flexibility index (Phi) is 6.60. The summed E-state index contributed by atoms with van der Waals surface area (Å²) in [4.78, 5) is 23.4. The summed E-state index contributed by atoms with van der Waals surface area (Å²) < 4.78 is 5.54. The highest BCUT2D eigenvalue weighted by atomic mass is 35.5. The summed E-state index contributed by atoms with van der Waals surface area (Å²) >= 11 is 7.72. The minimum Gasteiger partial charge on any atom is -0.381 e. The molecule has 0 aliphatic carbocycles. The van der Waals surface area contributed by atoms with Crippen LogP contribution < -0.4 is 5.32 Å². The van der Waals surface area contributed by atoms with E-state index >= 15 is 0 Å². The standard InChI is InChI=1S/C24H24ClN3O2S/c1-16-14-17(2)27-23(26-16)31-21-8-6-20(7-9-21)28-22(29)24(10-12-30-13-11-24)18-4-3-5-19(25)15-18/h3-9,14-15H,10-13H2,1-2H3,(H,28,29). The molecular formula is C24H24ClN3O2S. The minimum atomic E-state index is -0.649. The molecule has 1 aromatic heterocycles. The van der Waals surface area contributed by atoms with Crippen LogP contribution in [0.1, 0.15) is 29.8 Å². The summed E-state index contributed by atoms with van der Waals surface area (Å²) in [6, 6.07) is 17.3. The molecule has 0 saturated carbocycles. The van der Waals surface area contributed by atoms with Crippen LogP contribution in [-0.4, -0.2) is 29.1 Å². The SMILES string of the molecule is Cc1cc(C)nc(Sc2ccc(NC(=O)C3(c4cccc(Cl)c4)CCOCC3)cc2)n1. The topological polar surface area (TPSA) is 64.1 Å². The Hall–Kier alpha value is -2.41. The summed E-state index contributed by atoms with van der Waals surface area (Å²) in [5, 5.41) is 4.45. The number of hydrogen-bond acceptors (Lipinski definition) is 5. The molecule has 5 nitrogen and oxygen atoms in total. The van der Waals surface area contributed by atoms with Crippen LogP contribution in [0.4, 0.5) is 5.69 Å². The molecular weight excluding hydrogens is 430 g/mol. The van der Waals surface area contributed by atoms with Crippen molar-refractivity contribution in [2.75, 3.05) is 18.5 Å². The number of rotatable bonds is 5. The number of amides is 1. The highest BCUT2D eigenvalue weighted by Gasteiger charge is 2.41. The van der Waals surface area contributed by atoms with Crippen molar-refractivity contribution in [2.45, 2.75) is 42.2 Å². The molecule has 1 aliphatic rings. The van der Waals surface area contributed by atoms with E-state index in [-0.39, 0.29) is 5.91 Å². The van der Waals surface area contributed by atoms with Gasteiger partial charge < -0.3 is 10.1 Å². The third-order valence-electron chi connectivity index (χ3n) is 5.44. The van der Waals surface area contributed by atoms with Crippen LogP contribution in [0.3, 0.4) is 0 Å². The first-order chi connectivity index (χ1) is 14.9. The number of nitrogens with one attached hydrogen (secondary N) is 1. The van der Waals surface area contributed by atoms with Crippen molar-refractivity contribution < 1.29 is 9.53 Å². The molecule has 7 heteroatoms. The lowest BCUT2D eigenvalue weighted by atomic mass is 9.73. The number of ether oxygens (including phenoxy) is 1. The zero-order valence-corrected chi connectivity index (χ0v) is 19.1. The zero-order chi connectivity index (χ0) is 21.8. The van der Waals surface area contributed by atoms with Crippen molar-refractivity contribution in [3.05, 3.63) is 76.6 Å². The summed E-state index contributed by atoms with van der Waals surface area (Å²) in [6.45, 7) is 5.02. The third kappa shape index (κ3) is 5.09. The van der Waals surface area contributed by atoms with Crippen LogP contribution >= 0.6 is 23.4 Å². The average molecular weight is 454 g/mol. The molecule has 0 unspecified atom stereocenters. The summed E-state index contributed by atoms with van der Waals surface area (Å²) in [7, 11) is 0. The lowest BCUT2D eigenvalue weighted by molar-refractivity contribution is -0.125. The van der Waals surface area contributed by atoms with Gasteiger partial charge in [-0.3, -0.25) is 4.79 Å². The predicted molar refractivity (Wildman–Crippen MR) is 124 cm³/mol. The number of anilines is 1. The highest BCUT2D eigenvalue weighted by Crippen LogP contribution is 2.37. The summed E-state index contributed by atoms with van der Waals surface area (Å²) in [5.74, 6) is -0.0314. The quantitative estimate of drug-likeness (QED) is 0.510. The van der Waals surface area contributed by atoms with E-state index in [1.54, 1.807) is 0 Å². The second kappa shape index (κ2) is 9.39. The number of carbonyl (C=O) groups is 1. The molecule has 2 aromatic carbocycles. The Labute approximate surface area is 191 Å². The summed E-state index contributed by atoms with van der Waals surface area (Å²) in [5.41, 5.74) is 2.93. The van der Waals surface area contributed by atoms with Gasteiger partial charge >= 0.3 is 0 Å². The normalized spacial score (nSPS) is 15.5. The van der Waals surface area contributed by atoms with E-state index in [9.17, 15) is 4.79 Å². The van der Waals surface area contributed by atoms with Gasteiger partial charge in [-0.1, -0.05) is 23.7 Å². The number of hydrogen-bond donors (Lipinski definition) is 1. The van der Waals surface area contributed by atoms with Gasteiger partial charge in [-0.15, -0.1) is 0 Å². The van der Waals surface area contributed by atoms with Crippen LogP contribution in [0.15, 0.2) is 64.6 Å². The molecule has 0 radical (unpaired) electrons. The molecule has 160 valence electrons. The van der Waals surface area contributed by atoms with Gasteiger partial charge in [-0.25, -0.2) is 9.97 Å². The maximum atomic E-state index is 13.4. The van der Waals surface area contributed by atoms with Crippen LogP contribution in [0.25, 0.3) is 0 Å². The Morgan fingerprint density at radius 2 is 1.71 bits per heavy atom. The van der Waals surface area contributed by atoms with Crippen molar-refractivity contribution >= 4 is 35.0 Å². The Balaban J connectivity index is 1.51. The van der Waals surface area contributed by atoms with Gasteiger partial charge in [0.1, 0.15) is 0 Å². The highest BCUT2D eigenvalue weighted by molar-refractivity contribution is 7.99. The molecule has 1 N–H and O–H groups in total. The van der Waals surface area contributed by atoms with E-state index in [2.05, 4.69) is 15.3 Å². The smallest absolute Gasteiger partial charge is 0.235 e. The fourth-order valence-corrected chi connectivity index (χ4v) is 4.91. The van der Waals surface area contributed by atoms with E-state index in [0.29, 0.717) is 31.1 Å².